The number of hydrogen-bond donors (Lipinski definition) is 3. The van der Waals surface area contributed by atoms with Gasteiger partial charge in [0.1, 0.15) is 10.7 Å². The zero-order valence-corrected chi connectivity index (χ0v) is 12.5. The van der Waals surface area contributed by atoms with Gasteiger partial charge < -0.3 is 5.43 Å². The molecule has 20 heavy (non-hydrogen) atoms. The molecule has 0 aliphatic heterocycles. The van der Waals surface area contributed by atoms with E-state index in [-0.39, 0.29) is 10.9 Å². The van der Waals surface area contributed by atoms with Gasteiger partial charge in [-0.3, -0.25) is 0 Å². The zero-order chi connectivity index (χ0) is 14.6. The average molecular weight is 298 g/mol. The third-order valence-corrected chi connectivity index (χ3v) is 5.34. The molecule has 1 aliphatic rings. The summed E-state index contributed by atoms with van der Waals surface area (Å²) in [5, 5.41) is 0. The van der Waals surface area contributed by atoms with Crippen LogP contribution in [0.1, 0.15) is 39.0 Å². The molecule has 4 N–H and O–H groups in total. The van der Waals surface area contributed by atoms with Crippen LogP contribution < -0.4 is 16.0 Å². The summed E-state index contributed by atoms with van der Waals surface area (Å²) in [5.41, 5.74) is 2.38. The molecule has 1 heterocycles. The van der Waals surface area contributed by atoms with Crippen LogP contribution in [0.15, 0.2) is 23.2 Å². The number of nitrogens with one attached hydrogen (secondary N) is 2. The van der Waals surface area contributed by atoms with E-state index in [1.165, 1.54) is 25.1 Å². The lowest BCUT2D eigenvalue weighted by Gasteiger charge is -2.22. The molecule has 1 aromatic heterocycles. The number of aromatic nitrogens is 1. The molecule has 2 atom stereocenters. The number of nitrogen functional groups attached to an aromatic ring is 1. The van der Waals surface area contributed by atoms with E-state index in [1.807, 2.05) is 0 Å². The fraction of sp³-hybridized carbons (Fsp3) is 0.615. The molecule has 112 valence electrons. The summed E-state index contributed by atoms with van der Waals surface area (Å²) in [5.74, 6) is 6.02. The standard InChI is InChI=1S/C13H22N4O2S/c1-10-5-3-2-4-6-12(10)17-20(18,19)11-7-8-13(16-14)15-9-11/h7-10,12,17H,2-6,14H2,1H3,(H,15,16). The van der Waals surface area contributed by atoms with E-state index in [4.69, 9.17) is 5.84 Å². The van der Waals surface area contributed by atoms with Crippen molar-refractivity contribution in [2.75, 3.05) is 5.43 Å². The number of nitrogens with zero attached hydrogens (tertiary/aromatic N) is 1. The van der Waals surface area contributed by atoms with Crippen LogP contribution in [0.2, 0.25) is 0 Å². The number of hydrazine groups is 1. The molecule has 0 bridgehead atoms. The lowest BCUT2D eigenvalue weighted by Crippen LogP contribution is -2.38. The van der Waals surface area contributed by atoms with Crippen LogP contribution in [0.3, 0.4) is 0 Å². The van der Waals surface area contributed by atoms with Crippen LogP contribution in [0, 0.1) is 5.92 Å². The molecule has 0 aromatic carbocycles. The van der Waals surface area contributed by atoms with Crippen molar-refractivity contribution in [1.82, 2.24) is 9.71 Å². The first-order valence-electron chi connectivity index (χ1n) is 6.98. The number of nitrogens with two attached hydrogens (primary N) is 1. The Balaban J connectivity index is 2.12. The molecule has 1 aromatic rings. The first kappa shape index (κ1) is 15.2. The minimum absolute atomic E-state index is 0.00908. The lowest BCUT2D eigenvalue weighted by atomic mass is 9.98. The summed E-state index contributed by atoms with van der Waals surface area (Å²) in [6.45, 7) is 2.11. The molecule has 0 amide bonds. The molecule has 0 radical (unpaired) electrons. The van der Waals surface area contributed by atoms with E-state index in [0.29, 0.717) is 11.7 Å². The molecule has 0 spiro atoms. The largest absolute Gasteiger partial charge is 0.308 e. The molecular formula is C13H22N4O2S. The van der Waals surface area contributed by atoms with Crippen LogP contribution in [0.5, 0.6) is 0 Å². The maximum absolute atomic E-state index is 12.4. The number of rotatable bonds is 4. The number of anilines is 1. The molecule has 2 rings (SSSR count). The van der Waals surface area contributed by atoms with Crippen molar-refractivity contribution in [1.29, 1.82) is 0 Å². The van der Waals surface area contributed by atoms with Gasteiger partial charge in [0.2, 0.25) is 10.0 Å². The minimum Gasteiger partial charge on any atom is -0.308 e. The summed E-state index contributed by atoms with van der Waals surface area (Å²) in [7, 11) is -3.52. The Kier molecular flexibility index (Phi) is 4.95. The van der Waals surface area contributed by atoms with Crippen molar-refractivity contribution in [3.05, 3.63) is 18.3 Å². The highest BCUT2D eigenvalue weighted by Crippen LogP contribution is 2.24. The zero-order valence-electron chi connectivity index (χ0n) is 11.7. The van der Waals surface area contributed by atoms with Gasteiger partial charge >= 0.3 is 0 Å². The molecule has 0 saturated heterocycles. The van der Waals surface area contributed by atoms with Crippen molar-refractivity contribution in [3.8, 4) is 0 Å². The van der Waals surface area contributed by atoms with Gasteiger partial charge in [-0.15, -0.1) is 0 Å². The molecule has 1 fully saturated rings. The summed E-state index contributed by atoms with van der Waals surface area (Å²) in [4.78, 5) is 4.11. The van der Waals surface area contributed by atoms with E-state index >= 15 is 0 Å². The number of hydrogen-bond acceptors (Lipinski definition) is 5. The Hall–Kier alpha value is -1.18. The number of pyridine rings is 1. The van der Waals surface area contributed by atoms with Crippen LogP contribution in [0.4, 0.5) is 5.82 Å². The van der Waals surface area contributed by atoms with Gasteiger partial charge in [-0.2, -0.15) is 0 Å². The molecule has 1 saturated carbocycles. The van der Waals surface area contributed by atoms with Crippen LogP contribution in [0.25, 0.3) is 0 Å². The summed E-state index contributed by atoms with van der Waals surface area (Å²) >= 11 is 0. The molecule has 2 unspecified atom stereocenters. The van der Waals surface area contributed by atoms with Gasteiger partial charge in [-0.1, -0.05) is 26.2 Å². The van der Waals surface area contributed by atoms with Crippen LogP contribution in [-0.4, -0.2) is 19.4 Å². The Labute approximate surface area is 120 Å². The van der Waals surface area contributed by atoms with Gasteiger partial charge in [-0.25, -0.2) is 24.0 Å². The van der Waals surface area contributed by atoms with Crippen LogP contribution in [-0.2, 0) is 10.0 Å². The highest BCUT2D eigenvalue weighted by atomic mass is 32.2. The van der Waals surface area contributed by atoms with E-state index < -0.39 is 10.0 Å². The van der Waals surface area contributed by atoms with Gasteiger partial charge in [0.25, 0.3) is 0 Å². The van der Waals surface area contributed by atoms with Gasteiger partial charge in [0.15, 0.2) is 0 Å². The predicted octanol–water partition coefficient (Wildman–Crippen LogP) is 1.61. The van der Waals surface area contributed by atoms with E-state index in [1.54, 1.807) is 6.07 Å². The van der Waals surface area contributed by atoms with Gasteiger partial charge in [0.05, 0.1) is 0 Å². The Bertz CT molecular complexity index is 530. The minimum atomic E-state index is -3.52. The second-order valence-corrected chi connectivity index (χ2v) is 7.08. The molecule has 7 heteroatoms. The SMILES string of the molecule is CC1CCCCCC1NS(=O)(=O)c1ccc(NN)nc1. The van der Waals surface area contributed by atoms with Crippen molar-refractivity contribution in [2.24, 2.45) is 11.8 Å². The van der Waals surface area contributed by atoms with Crippen molar-refractivity contribution in [2.45, 2.75) is 50.0 Å². The van der Waals surface area contributed by atoms with Crippen molar-refractivity contribution >= 4 is 15.8 Å². The lowest BCUT2D eigenvalue weighted by molar-refractivity contribution is 0.399. The third kappa shape index (κ3) is 3.68. The van der Waals surface area contributed by atoms with Crippen molar-refractivity contribution < 1.29 is 8.42 Å². The van der Waals surface area contributed by atoms with E-state index in [2.05, 4.69) is 22.1 Å². The first-order valence-corrected chi connectivity index (χ1v) is 8.46. The van der Waals surface area contributed by atoms with Crippen LogP contribution >= 0.6 is 0 Å². The van der Waals surface area contributed by atoms with Gasteiger partial charge in [0, 0.05) is 12.2 Å². The third-order valence-electron chi connectivity index (χ3n) is 3.86. The Morgan fingerprint density at radius 2 is 2.00 bits per heavy atom. The second-order valence-electron chi connectivity index (χ2n) is 5.37. The predicted molar refractivity (Wildman–Crippen MR) is 78.4 cm³/mol. The van der Waals surface area contributed by atoms with Gasteiger partial charge in [-0.05, 0) is 30.9 Å². The second kappa shape index (κ2) is 6.51. The first-order chi connectivity index (χ1) is 9.53. The normalized spacial score (nSPS) is 24.1. The molecule has 6 nitrogen and oxygen atoms in total. The highest BCUT2D eigenvalue weighted by molar-refractivity contribution is 7.89. The fourth-order valence-corrected chi connectivity index (χ4v) is 3.88. The summed E-state index contributed by atoms with van der Waals surface area (Å²) in [6, 6.07) is 3.06. The molecule has 1 aliphatic carbocycles. The topological polar surface area (TPSA) is 97.1 Å². The fourth-order valence-electron chi connectivity index (χ4n) is 2.56. The smallest absolute Gasteiger partial charge is 0.242 e. The van der Waals surface area contributed by atoms with E-state index in [0.717, 1.165) is 19.3 Å². The highest BCUT2D eigenvalue weighted by Gasteiger charge is 2.25. The average Bonchev–Trinajstić information content (AvgIpc) is 2.64. The van der Waals surface area contributed by atoms with E-state index in [9.17, 15) is 8.42 Å². The Morgan fingerprint density at radius 1 is 1.25 bits per heavy atom. The molecular weight excluding hydrogens is 276 g/mol. The maximum atomic E-state index is 12.4. The summed E-state index contributed by atoms with van der Waals surface area (Å²) < 4.78 is 27.5. The van der Waals surface area contributed by atoms with Crippen molar-refractivity contribution in [3.63, 3.8) is 0 Å². The monoisotopic (exact) mass is 298 g/mol. The Morgan fingerprint density at radius 3 is 2.65 bits per heavy atom. The maximum Gasteiger partial charge on any atom is 0.242 e. The summed E-state index contributed by atoms with van der Waals surface area (Å²) in [6.07, 6.45) is 6.72. The quantitative estimate of drug-likeness (QED) is 0.446. The number of sulfonamides is 1.